The summed E-state index contributed by atoms with van der Waals surface area (Å²) < 4.78 is 15.1. The van der Waals surface area contributed by atoms with Gasteiger partial charge in [-0.2, -0.15) is 0 Å². The highest BCUT2D eigenvalue weighted by Crippen LogP contribution is 2.36. The van der Waals surface area contributed by atoms with Gasteiger partial charge in [0.2, 0.25) is 11.8 Å². The van der Waals surface area contributed by atoms with Crippen molar-refractivity contribution in [1.82, 2.24) is 15.1 Å². The standard InChI is InChI=1S/C27H27FN4O3/c1-16-18(4-3-5-23(16)29-2)14-31-10-8-17(9-11-31)20-12-19-15-32(27(35)21(19)13-22(20)28)24-6-7-25(33)30-26(24)34/h3-5,12-13,17,24H,6-11,14-15H2,1H3,(H,30,33,34). The van der Waals surface area contributed by atoms with Crippen molar-refractivity contribution in [3.8, 4) is 0 Å². The van der Waals surface area contributed by atoms with Gasteiger partial charge >= 0.3 is 0 Å². The Hall–Kier alpha value is -3.57. The van der Waals surface area contributed by atoms with E-state index in [2.05, 4.69) is 21.1 Å². The fourth-order valence-electron chi connectivity index (χ4n) is 5.53. The molecule has 35 heavy (non-hydrogen) atoms. The number of nitrogens with zero attached hydrogens (tertiary/aromatic N) is 3. The number of carbonyl (C=O) groups is 3. The topological polar surface area (TPSA) is 74.1 Å². The van der Waals surface area contributed by atoms with E-state index in [9.17, 15) is 14.4 Å². The zero-order valence-electron chi connectivity index (χ0n) is 19.6. The molecule has 0 aromatic heterocycles. The second-order valence-electron chi connectivity index (χ2n) is 9.65. The predicted molar refractivity (Wildman–Crippen MR) is 127 cm³/mol. The number of likely N-dealkylation sites (tertiary alicyclic amines) is 1. The van der Waals surface area contributed by atoms with Crippen LogP contribution in [0.5, 0.6) is 0 Å². The van der Waals surface area contributed by atoms with Crippen molar-refractivity contribution >= 4 is 23.4 Å². The molecule has 0 bridgehead atoms. The number of fused-ring (bicyclic) bond motifs is 1. The lowest BCUT2D eigenvalue weighted by Crippen LogP contribution is -2.52. The number of benzene rings is 2. The first-order valence-corrected chi connectivity index (χ1v) is 12.0. The van der Waals surface area contributed by atoms with Gasteiger partial charge in [-0.25, -0.2) is 9.24 Å². The highest BCUT2D eigenvalue weighted by Gasteiger charge is 2.40. The quantitative estimate of drug-likeness (QED) is 0.540. The number of halogens is 1. The summed E-state index contributed by atoms with van der Waals surface area (Å²) in [6, 6.07) is 8.24. The predicted octanol–water partition coefficient (Wildman–Crippen LogP) is 3.83. The third-order valence-electron chi connectivity index (χ3n) is 7.60. The van der Waals surface area contributed by atoms with Gasteiger partial charge < -0.3 is 4.90 Å². The molecule has 0 spiro atoms. The zero-order chi connectivity index (χ0) is 24.7. The molecule has 180 valence electrons. The summed E-state index contributed by atoms with van der Waals surface area (Å²) in [6.45, 7) is 12.0. The maximum atomic E-state index is 15.1. The van der Waals surface area contributed by atoms with Crippen LogP contribution in [0.4, 0.5) is 10.1 Å². The van der Waals surface area contributed by atoms with Gasteiger partial charge in [-0.15, -0.1) is 0 Å². The van der Waals surface area contributed by atoms with E-state index < -0.39 is 11.9 Å². The maximum Gasteiger partial charge on any atom is 0.255 e. The van der Waals surface area contributed by atoms with Crippen molar-refractivity contribution in [2.24, 2.45) is 0 Å². The lowest BCUT2D eigenvalue weighted by Gasteiger charge is -2.33. The molecule has 2 aromatic rings. The average Bonchev–Trinajstić information content (AvgIpc) is 3.15. The highest BCUT2D eigenvalue weighted by atomic mass is 19.1. The van der Waals surface area contributed by atoms with E-state index in [0.29, 0.717) is 16.8 Å². The van der Waals surface area contributed by atoms with Crippen LogP contribution < -0.4 is 5.32 Å². The summed E-state index contributed by atoms with van der Waals surface area (Å²) >= 11 is 0. The molecule has 3 aliphatic rings. The first kappa shape index (κ1) is 23.2. The first-order chi connectivity index (χ1) is 16.9. The smallest absolute Gasteiger partial charge is 0.255 e. The van der Waals surface area contributed by atoms with E-state index in [4.69, 9.17) is 6.57 Å². The highest BCUT2D eigenvalue weighted by molar-refractivity contribution is 6.05. The van der Waals surface area contributed by atoms with Crippen LogP contribution in [0.15, 0.2) is 30.3 Å². The molecule has 0 radical (unpaired) electrons. The van der Waals surface area contributed by atoms with Crippen molar-refractivity contribution in [3.05, 3.63) is 75.4 Å². The maximum absolute atomic E-state index is 15.1. The van der Waals surface area contributed by atoms with Crippen molar-refractivity contribution in [2.75, 3.05) is 13.1 Å². The monoisotopic (exact) mass is 474 g/mol. The Labute approximate surface area is 203 Å². The number of carbonyl (C=O) groups excluding carboxylic acids is 3. The van der Waals surface area contributed by atoms with E-state index in [-0.39, 0.29) is 42.9 Å². The Kier molecular flexibility index (Phi) is 6.12. The minimum atomic E-state index is -0.702. The van der Waals surface area contributed by atoms with Crippen molar-refractivity contribution in [2.45, 2.75) is 57.7 Å². The van der Waals surface area contributed by atoms with Gasteiger partial charge in [0.15, 0.2) is 5.69 Å². The first-order valence-electron chi connectivity index (χ1n) is 12.0. The lowest BCUT2D eigenvalue weighted by molar-refractivity contribution is -0.136. The Balaban J connectivity index is 1.27. The number of amides is 3. The molecule has 5 rings (SSSR count). The Morgan fingerprint density at radius 3 is 2.63 bits per heavy atom. The molecular formula is C27H27FN4O3. The third-order valence-corrected chi connectivity index (χ3v) is 7.60. The van der Waals surface area contributed by atoms with Crippen LogP contribution in [0.3, 0.4) is 0 Å². The summed E-state index contributed by atoms with van der Waals surface area (Å²) in [5.41, 5.74) is 4.52. The second-order valence-corrected chi connectivity index (χ2v) is 9.65. The number of hydrogen-bond donors (Lipinski definition) is 1. The van der Waals surface area contributed by atoms with Crippen LogP contribution in [0.25, 0.3) is 4.85 Å². The Bertz CT molecular complexity index is 1260. The number of rotatable bonds is 4. The molecule has 3 heterocycles. The molecule has 8 heteroatoms. The van der Waals surface area contributed by atoms with Crippen LogP contribution >= 0.6 is 0 Å². The molecule has 0 saturated carbocycles. The second kappa shape index (κ2) is 9.23. The SMILES string of the molecule is [C-]#[N+]c1cccc(CN2CCC(c3cc4c(cc3F)C(=O)N(C3CCC(=O)NC3=O)C4)CC2)c1C. The van der Waals surface area contributed by atoms with Crippen LogP contribution in [-0.2, 0) is 22.7 Å². The number of hydrogen-bond acceptors (Lipinski definition) is 4. The zero-order valence-corrected chi connectivity index (χ0v) is 19.6. The molecule has 3 aliphatic heterocycles. The summed E-state index contributed by atoms with van der Waals surface area (Å²) in [7, 11) is 0. The lowest BCUT2D eigenvalue weighted by atomic mass is 9.87. The number of piperidine rings is 2. The Morgan fingerprint density at radius 1 is 1.14 bits per heavy atom. The molecule has 1 atom stereocenters. The molecule has 2 saturated heterocycles. The van der Waals surface area contributed by atoms with Gasteiger partial charge in [-0.3, -0.25) is 24.6 Å². The summed E-state index contributed by atoms with van der Waals surface area (Å²) in [5, 5.41) is 2.29. The molecule has 1 N–H and O–H groups in total. The molecule has 3 amide bonds. The van der Waals surface area contributed by atoms with Crippen LogP contribution in [0.1, 0.15) is 64.2 Å². The molecule has 0 aliphatic carbocycles. The van der Waals surface area contributed by atoms with E-state index >= 15 is 4.39 Å². The summed E-state index contributed by atoms with van der Waals surface area (Å²) in [6.07, 6.45) is 2.09. The third kappa shape index (κ3) is 4.32. The van der Waals surface area contributed by atoms with Crippen molar-refractivity contribution in [3.63, 3.8) is 0 Å². The van der Waals surface area contributed by atoms with Gasteiger partial charge in [0.05, 0.1) is 6.57 Å². The van der Waals surface area contributed by atoms with E-state index in [1.165, 1.54) is 11.0 Å². The van der Waals surface area contributed by atoms with Crippen molar-refractivity contribution in [1.29, 1.82) is 0 Å². The molecule has 2 fully saturated rings. The van der Waals surface area contributed by atoms with Gasteiger partial charge in [-0.05, 0) is 73.5 Å². The average molecular weight is 475 g/mol. The fourth-order valence-corrected chi connectivity index (χ4v) is 5.53. The number of imide groups is 1. The minimum absolute atomic E-state index is 0.0620. The van der Waals surface area contributed by atoms with Crippen LogP contribution in [-0.4, -0.2) is 46.7 Å². The summed E-state index contributed by atoms with van der Waals surface area (Å²) in [4.78, 5) is 44.0. The van der Waals surface area contributed by atoms with Gasteiger partial charge in [0.1, 0.15) is 11.9 Å². The van der Waals surface area contributed by atoms with Gasteiger partial charge in [0, 0.05) is 25.1 Å². The van der Waals surface area contributed by atoms with Gasteiger partial charge in [0.25, 0.3) is 5.91 Å². The molecule has 2 aromatic carbocycles. The Morgan fingerprint density at radius 2 is 1.91 bits per heavy atom. The van der Waals surface area contributed by atoms with E-state index in [1.807, 2.05) is 19.1 Å². The van der Waals surface area contributed by atoms with Gasteiger partial charge in [-0.1, -0.05) is 24.3 Å². The number of nitrogens with one attached hydrogen (secondary N) is 1. The largest absolute Gasteiger partial charge is 0.322 e. The van der Waals surface area contributed by atoms with Crippen LogP contribution in [0, 0.1) is 19.3 Å². The fraction of sp³-hybridized carbons (Fsp3) is 0.407. The normalized spacial score (nSPS) is 21.1. The van der Waals surface area contributed by atoms with Crippen molar-refractivity contribution < 1.29 is 18.8 Å². The van der Waals surface area contributed by atoms with E-state index in [0.717, 1.165) is 49.2 Å². The summed E-state index contributed by atoms with van der Waals surface area (Å²) in [5.74, 6) is -1.46. The molecule has 7 nitrogen and oxygen atoms in total. The van der Waals surface area contributed by atoms with E-state index in [1.54, 1.807) is 6.07 Å². The van der Waals surface area contributed by atoms with Crippen LogP contribution in [0.2, 0.25) is 0 Å². The molecule has 1 unspecified atom stereocenters. The minimum Gasteiger partial charge on any atom is -0.322 e. The molecular weight excluding hydrogens is 447 g/mol.